The monoisotopic (exact) mass is 396 g/mol. The third kappa shape index (κ3) is 4.21. The Morgan fingerprint density at radius 2 is 1.90 bits per heavy atom. The molecule has 1 heterocycles. The summed E-state index contributed by atoms with van der Waals surface area (Å²) in [6, 6.07) is 13.6. The Kier molecular flexibility index (Phi) is 5.82. The standard InChI is InChI=1S/C21H20N2O6/c1-4-28-21(26)20(25)22-15-11-13(9-10-18(15)27-3)23(2)16-12-19(24)29-17-8-6-5-7-14(16)17/h5-12H,4H2,1-3H3,(H,22,25). The average molecular weight is 396 g/mol. The molecule has 0 saturated carbocycles. The van der Waals surface area contributed by atoms with Crippen LogP contribution in [-0.4, -0.2) is 32.6 Å². The van der Waals surface area contributed by atoms with Crippen molar-refractivity contribution in [2.45, 2.75) is 6.92 Å². The lowest BCUT2D eigenvalue weighted by atomic mass is 10.1. The van der Waals surface area contributed by atoms with Gasteiger partial charge in [-0.25, -0.2) is 9.59 Å². The van der Waals surface area contributed by atoms with Crippen LogP contribution in [0.5, 0.6) is 5.75 Å². The summed E-state index contributed by atoms with van der Waals surface area (Å²) in [5, 5.41) is 3.25. The SMILES string of the molecule is CCOC(=O)C(=O)Nc1cc(N(C)c2cc(=O)oc3ccccc23)ccc1OC. The summed E-state index contributed by atoms with van der Waals surface area (Å²) in [7, 11) is 3.23. The first-order chi connectivity index (χ1) is 13.9. The fourth-order valence-corrected chi connectivity index (χ4v) is 2.88. The maximum atomic E-state index is 12.0. The molecule has 0 aliphatic rings. The average Bonchev–Trinajstić information content (AvgIpc) is 2.72. The molecule has 1 N–H and O–H groups in total. The highest BCUT2D eigenvalue weighted by atomic mass is 16.5. The van der Waals surface area contributed by atoms with Crippen molar-refractivity contribution in [1.82, 2.24) is 0 Å². The Morgan fingerprint density at radius 1 is 1.14 bits per heavy atom. The van der Waals surface area contributed by atoms with Gasteiger partial charge in [-0.2, -0.15) is 0 Å². The number of fused-ring (bicyclic) bond motifs is 1. The van der Waals surface area contributed by atoms with Crippen LogP contribution in [0.1, 0.15) is 6.92 Å². The lowest BCUT2D eigenvalue weighted by Gasteiger charge is -2.22. The summed E-state index contributed by atoms with van der Waals surface area (Å²) >= 11 is 0. The summed E-state index contributed by atoms with van der Waals surface area (Å²) in [5.74, 6) is -1.52. The van der Waals surface area contributed by atoms with E-state index in [1.165, 1.54) is 13.2 Å². The Labute approximate surface area is 166 Å². The summed E-state index contributed by atoms with van der Waals surface area (Å²) < 4.78 is 15.2. The molecule has 0 aliphatic carbocycles. The zero-order valence-electron chi connectivity index (χ0n) is 16.2. The molecule has 0 fully saturated rings. The van der Waals surface area contributed by atoms with Crippen LogP contribution in [0.25, 0.3) is 11.0 Å². The molecule has 2 aromatic carbocycles. The molecule has 0 atom stereocenters. The van der Waals surface area contributed by atoms with Crippen LogP contribution < -0.4 is 20.6 Å². The number of hydrogen-bond donors (Lipinski definition) is 1. The van der Waals surface area contributed by atoms with Gasteiger partial charge in [0, 0.05) is 24.2 Å². The molecule has 0 aliphatic heterocycles. The van der Waals surface area contributed by atoms with Crippen molar-refractivity contribution in [3.8, 4) is 5.75 Å². The number of methoxy groups -OCH3 is 1. The number of nitrogens with zero attached hydrogens (tertiary/aromatic N) is 1. The van der Waals surface area contributed by atoms with Gasteiger partial charge in [-0.1, -0.05) is 12.1 Å². The van der Waals surface area contributed by atoms with Gasteiger partial charge in [0.25, 0.3) is 0 Å². The van der Waals surface area contributed by atoms with Crippen LogP contribution in [0.15, 0.2) is 57.7 Å². The van der Waals surface area contributed by atoms with E-state index in [0.29, 0.717) is 28.4 Å². The van der Waals surface area contributed by atoms with E-state index < -0.39 is 17.5 Å². The molecule has 1 aromatic heterocycles. The molecule has 29 heavy (non-hydrogen) atoms. The molecular weight excluding hydrogens is 376 g/mol. The van der Waals surface area contributed by atoms with Crippen LogP contribution >= 0.6 is 0 Å². The van der Waals surface area contributed by atoms with Crippen LogP contribution in [0.3, 0.4) is 0 Å². The predicted octanol–water partition coefficient (Wildman–Crippen LogP) is 3.07. The number of ether oxygens (including phenoxy) is 2. The molecular formula is C21H20N2O6. The lowest BCUT2D eigenvalue weighted by molar-refractivity contribution is -0.152. The van der Waals surface area contributed by atoms with E-state index in [9.17, 15) is 14.4 Å². The molecule has 0 spiro atoms. The van der Waals surface area contributed by atoms with Gasteiger partial charge in [-0.3, -0.25) is 4.79 Å². The van der Waals surface area contributed by atoms with E-state index in [-0.39, 0.29) is 6.61 Å². The number of benzene rings is 2. The molecule has 3 aromatic rings. The smallest absolute Gasteiger partial charge is 0.397 e. The lowest BCUT2D eigenvalue weighted by Crippen LogP contribution is -2.25. The quantitative estimate of drug-likeness (QED) is 0.402. The molecule has 1 amide bonds. The first-order valence-corrected chi connectivity index (χ1v) is 8.87. The molecule has 0 bridgehead atoms. The summed E-state index contributed by atoms with van der Waals surface area (Å²) in [4.78, 5) is 37.4. The fourth-order valence-electron chi connectivity index (χ4n) is 2.88. The van der Waals surface area contributed by atoms with Gasteiger partial charge in [-0.05, 0) is 37.3 Å². The van der Waals surface area contributed by atoms with Crippen molar-refractivity contribution in [2.75, 3.05) is 31.0 Å². The Bertz CT molecular complexity index is 1120. The third-order valence-electron chi connectivity index (χ3n) is 4.27. The normalized spacial score (nSPS) is 10.4. The van der Waals surface area contributed by atoms with E-state index in [0.717, 1.165) is 5.39 Å². The molecule has 8 nitrogen and oxygen atoms in total. The number of para-hydroxylation sites is 1. The first-order valence-electron chi connectivity index (χ1n) is 8.87. The topological polar surface area (TPSA) is 98.1 Å². The van der Waals surface area contributed by atoms with Gasteiger partial charge in [0.15, 0.2) is 0 Å². The Hall–Kier alpha value is -3.81. The van der Waals surface area contributed by atoms with Gasteiger partial charge >= 0.3 is 17.5 Å². The van der Waals surface area contributed by atoms with Crippen molar-refractivity contribution < 1.29 is 23.5 Å². The maximum Gasteiger partial charge on any atom is 0.397 e. The summed E-state index contributed by atoms with van der Waals surface area (Å²) in [5.41, 5.74) is 1.56. The largest absolute Gasteiger partial charge is 0.495 e. The molecule has 150 valence electrons. The van der Waals surface area contributed by atoms with E-state index >= 15 is 0 Å². The van der Waals surface area contributed by atoms with Crippen molar-refractivity contribution in [1.29, 1.82) is 0 Å². The Balaban J connectivity index is 2.00. The minimum atomic E-state index is -0.986. The number of amides is 1. The van der Waals surface area contributed by atoms with E-state index in [2.05, 4.69) is 5.32 Å². The second-order valence-corrected chi connectivity index (χ2v) is 6.07. The van der Waals surface area contributed by atoms with Crippen molar-refractivity contribution >= 4 is 39.9 Å². The predicted molar refractivity (Wildman–Crippen MR) is 109 cm³/mol. The van der Waals surface area contributed by atoms with Gasteiger partial charge < -0.3 is 24.1 Å². The second kappa shape index (κ2) is 8.47. The highest BCUT2D eigenvalue weighted by Gasteiger charge is 2.19. The van der Waals surface area contributed by atoms with Crippen LogP contribution in [-0.2, 0) is 14.3 Å². The summed E-state index contributed by atoms with van der Waals surface area (Å²) in [6.45, 7) is 1.71. The number of hydrogen-bond acceptors (Lipinski definition) is 7. The van der Waals surface area contributed by atoms with Gasteiger partial charge in [0.1, 0.15) is 11.3 Å². The van der Waals surface area contributed by atoms with E-state index in [1.807, 2.05) is 12.1 Å². The second-order valence-electron chi connectivity index (χ2n) is 6.07. The summed E-state index contributed by atoms with van der Waals surface area (Å²) in [6.07, 6.45) is 0. The van der Waals surface area contributed by atoms with Crippen LogP contribution in [0.2, 0.25) is 0 Å². The van der Waals surface area contributed by atoms with Gasteiger partial charge in [-0.15, -0.1) is 0 Å². The highest BCUT2D eigenvalue weighted by Crippen LogP contribution is 2.34. The fraction of sp³-hybridized carbons (Fsp3) is 0.190. The highest BCUT2D eigenvalue weighted by molar-refractivity contribution is 6.37. The maximum absolute atomic E-state index is 12.0. The van der Waals surface area contributed by atoms with E-state index in [1.54, 1.807) is 49.2 Å². The number of nitrogens with one attached hydrogen (secondary N) is 1. The van der Waals surface area contributed by atoms with Crippen molar-refractivity contribution in [3.63, 3.8) is 0 Å². The van der Waals surface area contributed by atoms with Crippen LogP contribution in [0.4, 0.5) is 17.1 Å². The van der Waals surface area contributed by atoms with E-state index in [4.69, 9.17) is 13.9 Å². The number of carbonyl (C=O) groups excluding carboxylic acids is 2. The number of esters is 1. The molecule has 3 rings (SSSR count). The number of rotatable bonds is 5. The molecule has 8 heteroatoms. The molecule has 0 radical (unpaired) electrons. The third-order valence-corrected chi connectivity index (χ3v) is 4.27. The van der Waals surface area contributed by atoms with Gasteiger partial charge in [0.2, 0.25) is 0 Å². The van der Waals surface area contributed by atoms with Gasteiger partial charge in [0.05, 0.1) is 25.1 Å². The minimum Gasteiger partial charge on any atom is -0.495 e. The zero-order valence-corrected chi connectivity index (χ0v) is 16.2. The molecule has 0 saturated heterocycles. The number of carbonyl (C=O) groups is 2. The number of anilines is 3. The minimum absolute atomic E-state index is 0.0931. The van der Waals surface area contributed by atoms with Crippen LogP contribution in [0, 0.1) is 0 Å². The molecule has 0 unspecified atom stereocenters. The Morgan fingerprint density at radius 3 is 2.62 bits per heavy atom. The zero-order chi connectivity index (χ0) is 21.0. The first kappa shape index (κ1) is 19.9. The van der Waals surface area contributed by atoms with Crippen molar-refractivity contribution in [3.05, 3.63) is 59.0 Å². The van der Waals surface area contributed by atoms with Crippen molar-refractivity contribution in [2.24, 2.45) is 0 Å².